The Kier molecular flexibility index (Phi) is 1.91. The van der Waals surface area contributed by atoms with E-state index < -0.39 is 0 Å². The monoisotopic (exact) mass is 145 g/mol. The summed E-state index contributed by atoms with van der Waals surface area (Å²) in [5, 5.41) is 0. The summed E-state index contributed by atoms with van der Waals surface area (Å²) in [6, 6.07) is 0. The van der Waals surface area contributed by atoms with Gasteiger partial charge in [0.25, 0.3) is 0 Å². The van der Waals surface area contributed by atoms with Crippen molar-refractivity contribution in [2.24, 2.45) is 4.76 Å². The summed E-state index contributed by atoms with van der Waals surface area (Å²) in [5.41, 5.74) is 0. The summed E-state index contributed by atoms with van der Waals surface area (Å²) in [4.78, 5) is 4.26. The highest BCUT2D eigenvalue weighted by molar-refractivity contribution is 7.15. The first kappa shape index (κ1) is 6.81. The van der Waals surface area contributed by atoms with Crippen LogP contribution in [0.25, 0.3) is 0 Å². The van der Waals surface area contributed by atoms with Gasteiger partial charge in [0, 0.05) is 27.2 Å². The molecule has 4 heteroatoms. The minimum atomic E-state index is 1.06. The van der Waals surface area contributed by atoms with Gasteiger partial charge in [-0.15, -0.1) is 0 Å². The van der Waals surface area contributed by atoms with Crippen LogP contribution in [-0.4, -0.2) is 42.9 Å². The summed E-state index contributed by atoms with van der Waals surface area (Å²) in [6.45, 7) is 2.17. The maximum atomic E-state index is 4.03. The second-order valence-electron chi connectivity index (χ2n) is 2.27. The van der Waals surface area contributed by atoms with Gasteiger partial charge in [-0.05, 0) is 9.39 Å². The molecule has 1 aliphatic rings. The van der Waals surface area contributed by atoms with Crippen LogP contribution in [0.3, 0.4) is 0 Å². The van der Waals surface area contributed by atoms with Gasteiger partial charge in [0.05, 0.1) is 0 Å². The van der Waals surface area contributed by atoms with Crippen molar-refractivity contribution < 1.29 is 0 Å². The lowest BCUT2D eigenvalue weighted by atomic mass is 10.6. The van der Waals surface area contributed by atoms with Gasteiger partial charge in [0.1, 0.15) is 0 Å². The van der Waals surface area contributed by atoms with Gasteiger partial charge in [-0.25, -0.2) is 4.76 Å². The second-order valence-corrected chi connectivity index (χ2v) is 2.53. The topological polar surface area (TPSA) is 18.8 Å². The van der Waals surface area contributed by atoms with Crippen molar-refractivity contribution in [3.8, 4) is 0 Å². The van der Waals surface area contributed by atoms with Gasteiger partial charge in [-0.2, -0.15) is 0 Å². The SMILES string of the molecule is CN1CCN(C)C1=NP. The molecule has 0 saturated carbocycles. The third-order valence-corrected chi connectivity index (χ3v) is 1.80. The number of hydrogen-bond donors (Lipinski definition) is 0. The van der Waals surface area contributed by atoms with Gasteiger partial charge in [-0.3, -0.25) is 0 Å². The normalized spacial score (nSPS) is 19.2. The molecule has 1 heterocycles. The van der Waals surface area contributed by atoms with E-state index in [9.17, 15) is 0 Å². The van der Waals surface area contributed by atoms with Gasteiger partial charge < -0.3 is 9.80 Å². The van der Waals surface area contributed by atoms with E-state index in [2.05, 4.69) is 24.0 Å². The van der Waals surface area contributed by atoms with Crippen LogP contribution in [-0.2, 0) is 0 Å². The van der Waals surface area contributed by atoms with E-state index in [-0.39, 0.29) is 0 Å². The fourth-order valence-electron chi connectivity index (χ4n) is 0.989. The fraction of sp³-hybridized carbons (Fsp3) is 0.800. The van der Waals surface area contributed by atoms with Crippen molar-refractivity contribution in [2.45, 2.75) is 0 Å². The van der Waals surface area contributed by atoms with Crippen LogP contribution in [0.4, 0.5) is 0 Å². The lowest BCUT2D eigenvalue weighted by molar-refractivity contribution is 0.553. The third-order valence-electron chi connectivity index (χ3n) is 1.57. The Labute approximate surface area is 58.0 Å². The first-order valence-electron chi connectivity index (χ1n) is 2.96. The fourth-order valence-corrected chi connectivity index (χ4v) is 1.38. The molecule has 3 nitrogen and oxygen atoms in total. The summed E-state index contributed by atoms with van der Waals surface area (Å²) in [5.74, 6) is 1.06. The molecule has 1 saturated heterocycles. The minimum Gasteiger partial charge on any atom is -0.344 e. The Hall–Kier alpha value is -0.300. The summed E-state index contributed by atoms with van der Waals surface area (Å²) < 4.78 is 4.03. The molecule has 0 aromatic carbocycles. The molecule has 0 aromatic rings. The van der Waals surface area contributed by atoms with Crippen molar-refractivity contribution in [3.63, 3.8) is 0 Å². The average Bonchev–Trinajstić information content (AvgIpc) is 2.12. The highest BCUT2D eigenvalue weighted by Gasteiger charge is 2.17. The molecular weight excluding hydrogens is 133 g/mol. The average molecular weight is 145 g/mol. The first-order valence-corrected chi connectivity index (χ1v) is 3.47. The molecule has 1 fully saturated rings. The largest absolute Gasteiger partial charge is 0.344 e. The van der Waals surface area contributed by atoms with Gasteiger partial charge in [-0.1, -0.05) is 0 Å². The van der Waals surface area contributed by atoms with Crippen molar-refractivity contribution >= 4 is 15.4 Å². The molecule has 0 bridgehead atoms. The zero-order valence-electron chi connectivity index (χ0n) is 5.83. The number of likely N-dealkylation sites (N-methyl/N-ethyl adjacent to an activating group) is 2. The van der Waals surface area contributed by atoms with Crippen molar-refractivity contribution in [1.29, 1.82) is 0 Å². The maximum absolute atomic E-state index is 4.03. The number of hydrogen-bond acceptors (Lipinski definition) is 1. The molecule has 1 unspecified atom stereocenters. The molecule has 0 radical (unpaired) electrons. The lowest BCUT2D eigenvalue weighted by Gasteiger charge is -2.13. The van der Waals surface area contributed by atoms with E-state index in [0.29, 0.717) is 0 Å². The predicted molar refractivity (Wildman–Crippen MR) is 42.4 cm³/mol. The van der Waals surface area contributed by atoms with Crippen molar-refractivity contribution in [3.05, 3.63) is 0 Å². The molecule has 9 heavy (non-hydrogen) atoms. The molecule has 1 aliphatic heterocycles. The Bertz CT molecular complexity index is 122. The Morgan fingerprint density at radius 3 is 2.00 bits per heavy atom. The molecule has 52 valence electrons. The summed E-state index contributed by atoms with van der Waals surface area (Å²) in [7, 11) is 6.47. The van der Waals surface area contributed by atoms with E-state index in [0.717, 1.165) is 19.0 Å². The van der Waals surface area contributed by atoms with Crippen LogP contribution in [0.5, 0.6) is 0 Å². The van der Waals surface area contributed by atoms with Gasteiger partial charge in [0.2, 0.25) is 0 Å². The van der Waals surface area contributed by atoms with Crippen LogP contribution in [0.15, 0.2) is 4.76 Å². The number of nitrogens with zero attached hydrogens (tertiary/aromatic N) is 3. The molecule has 0 spiro atoms. The van der Waals surface area contributed by atoms with Crippen LogP contribution in [0.1, 0.15) is 0 Å². The van der Waals surface area contributed by atoms with E-state index in [1.807, 2.05) is 14.1 Å². The molecule has 0 amide bonds. The predicted octanol–water partition coefficient (Wildman–Crippen LogP) is 0.00970. The zero-order valence-corrected chi connectivity index (χ0v) is 6.99. The van der Waals surface area contributed by atoms with Crippen molar-refractivity contribution in [1.82, 2.24) is 9.80 Å². The van der Waals surface area contributed by atoms with Gasteiger partial charge in [0.15, 0.2) is 5.96 Å². The molecule has 0 aliphatic carbocycles. The molecule has 1 atom stereocenters. The summed E-state index contributed by atoms with van der Waals surface area (Å²) in [6.07, 6.45) is 0. The number of rotatable bonds is 0. The highest BCUT2D eigenvalue weighted by Crippen LogP contribution is 2.04. The molecule has 1 rings (SSSR count). The quantitative estimate of drug-likeness (QED) is 0.447. The van der Waals surface area contributed by atoms with Crippen LogP contribution >= 0.6 is 9.39 Å². The van der Waals surface area contributed by atoms with E-state index in [1.165, 1.54) is 0 Å². The van der Waals surface area contributed by atoms with Crippen molar-refractivity contribution in [2.75, 3.05) is 27.2 Å². The standard InChI is InChI=1S/C5H12N3P/c1-7-3-4-8(2)5(7)6-9/h3-4,9H2,1-2H3. The number of guanidine groups is 1. The van der Waals surface area contributed by atoms with Gasteiger partial charge >= 0.3 is 0 Å². The Balaban J connectivity index is 2.66. The van der Waals surface area contributed by atoms with Crippen LogP contribution in [0, 0.1) is 0 Å². The Morgan fingerprint density at radius 2 is 1.78 bits per heavy atom. The van der Waals surface area contributed by atoms with E-state index in [4.69, 9.17) is 0 Å². The highest BCUT2D eigenvalue weighted by atomic mass is 31.0. The Morgan fingerprint density at radius 1 is 1.33 bits per heavy atom. The summed E-state index contributed by atoms with van der Waals surface area (Å²) >= 11 is 0. The third kappa shape index (κ3) is 1.16. The molecule has 0 N–H and O–H groups in total. The maximum Gasteiger partial charge on any atom is 0.199 e. The zero-order chi connectivity index (χ0) is 6.85. The molecule has 0 aromatic heterocycles. The lowest BCUT2D eigenvalue weighted by Crippen LogP contribution is -2.27. The molecular formula is C5H12N3P. The van der Waals surface area contributed by atoms with E-state index in [1.54, 1.807) is 0 Å². The van der Waals surface area contributed by atoms with Crippen LogP contribution < -0.4 is 0 Å². The first-order chi connectivity index (χ1) is 4.25. The van der Waals surface area contributed by atoms with E-state index >= 15 is 0 Å². The smallest absolute Gasteiger partial charge is 0.199 e. The second kappa shape index (κ2) is 2.53. The minimum absolute atomic E-state index is 1.06. The van der Waals surface area contributed by atoms with Crippen LogP contribution in [0.2, 0.25) is 0 Å².